The van der Waals surface area contributed by atoms with Crippen molar-refractivity contribution in [3.8, 4) is 0 Å². The van der Waals surface area contributed by atoms with Gasteiger partial charge in [0.05, 0.1) is 24.9 Å². The zero-order valence-corrected chi connectivity index (χ0v) is 35.2. The van der Waals surface area contributed by atoms with Gasteiger partial charge in [-0.2, -0.15) is 0 Å². The van der Waals surface area contributed by atoms with Crippen LogP contribution in [0.4, 0.5) is 0 Å². The first-order valence-corrected chi connectivity index (χ1v) is 22.3. The maximum Gasteiger partial charge on any atom is 0.469 e. The second-order valence-corrected chi connectivity index (χ2v) is 15.4. The summed E-state index contributed by atoms with van der Waals surface area (Å²) in [5.74, 6) is -1.63. The van der Waals surface area contributed by atoms with Crippen molar-refractivity contribution in [3.63, 3.8) is 0 Å². The second-order valence-electron chi connectivity index (χ2n) is 14.2. The molecule has 5 N–H and O–H groups in total. The fourth-order valence-corrected chi connectivity index (χ4v) is 6.40. The smallest absolute Gasteiger partial charge is 0.462 e. The maximum absolute atomic E-state index is 12.5. The molecule has 0 radical (unpaired) electrons. The van der Waals surface area contributed by atoms with Crippen LogP contribution in [0.3, 0.4) is 0 Å². The molecule has 1 fully saturated rings. The molecule has 1 aliphatic rings. The molecule has 11 nitrogen and oxygen atoms in total. The van der Waals surface area contributed by atoms with Crippen molar-refractivity contribution in [1.29, 1.82) is 0 Å². The Labute approximate surface area is 341 Å². The van der Waals surface area contributed by atoms with Crippen molar-refractivity contribution >= 4 is 19.8 Å². The molecule has 0 aliphatic heterocycles. The number of carbonyl (C=O) groups is 2. The molecule has 0 saturated heterocycles. The molecule has 0 aromatic carbocycles. The average Bonchev–Trinajstić information content (AvgIpc) is 3.44. The summed E-state index contributed by atoms with van der Waals surface area (Å²) in [5.41, 5.74) is 0. The van der Waals surface area contributed by atoms with Crippen LogP contribution in [-0.2, 0) is 28.2 Å². The molecule has 57 heavy (non-hydrogen) atoms. The Hall–Kier alpha value is -3.15. The van der Waals surface area contributed by atoms with Crippen LogP contribution in [0.15, 0.2) is 97.2 Å². The third-order valence-electron chi connectivity index (χ3n) is 9.17. The van der Waals surface area contributed by atoms with E-state index in [0.29, 0.717) is 32.1 Å². The summed E-state index contributed by atoms with van der Waals surface area (Å²) in [6, 6.07) is 0. The topological polar surface area (TPSA) is 180 Å². The van der Waals surface area contributed by atoms with Crippen LogP contribution in [0.5, 0.6) is 0 Å². The molecule has 6 atom stereocenters. The summed E-state index contributed by atoms with van der Waals surface area (Å²) in [5, 5.41) is 31.2. The molecule has 0 aromatic heterocycles. The van der Waals surface area contributed by atoms with Gasteiger partial charge in [0, 0.05) is 25.2 Å². The largest absolute Gasteiger partial charge is 0.469 e. The Morgan fingerprint density at radius 3 is 1.86 bits per heavy atom. The van der Waals surface area contributed by atoms with Crippen molar-refractivity contribution in [1.82, 2.24) is 0 Å². The van der Waals surface area contributed by atoms with Crippen LogP contribution >= 0.6 is 7.82 Å². The Morgan fingerprint density at radius 2 is 1.28 bits per heavy atom. The summed E-state index contributed by atoms with van der Waals surface area (Å²) in [7, 11) is -4.85. The van der Waals surface area contributed by atoms with Gasteiger partial charge in [0.15, 0.2) is 6.10 Å². The van der Waals surface area contributed by atoms with Gasteiger partial charge in [-0.3, -0.25) is 14.1 Å². The number of aliphatic hydroxyl groups excluding tert-OH is 3. The van der Waals surface area contributed by atoms with E-state index in [1.807, 2.05) is 30.4 Å². The highest BCUT2D eigenvalue weighted by Gasteiger charge is 2.39. The van der Waals surface area contributed by atoms with Gasteiger partial charge in [-0.25, -0.2) is 4.57 Å². The van der Waals surface area contributed by atoms with E-state index in [-0.39, 0.29) is 31.1 Å². The van der Waals surface area contributed by atoms with Gasteiger partial charge in [0.2, 0.25) is 0 Å². The van der Waals surface area contributed by atoms with Crippen molar-refractivity contribution < 1.29 is 53.3 Å². The van der Waals surface area contributed by atoms with Crippen LogP contribution in [0.2, 0.25) is 0 Å². The van der Waals surface area contributed by atoms with E-state index in [1.165, 1.54) is 0 Å². The highest BCUT2D eigenvalue weighted by Crippen LogP contribution is 2.37. The minimum Gasteiger partial charge on any atom is -0.462 e. The van der Waals surface area contributed by atoms with E-state index >= 15 is 0 Å². The van der Waals surface area contributed by atoms with E-state index in [2.05, 4.69) is 79.1 Å². The predicted molar refractivity (Wildman–Crippen MR) is 227 cm³/mol. The molecular weight excluding hydrogens is 747 g/mol. The summed E-state index contributed by atoms with van der Waals surface area (Å²) in [6.07, 6.45) is 40.9. The number of phosphoric ester groups is 1. The van der Waals surface area contributed by atoms with Crippen LogP contribution in [0.1, 0.15) is 123 Å². The fraction of sp³-hybridized carbons (Fsp3) is 0.600. The lowest BCUT2D eigenvalue weighted by Crippen LogP contribution is -2.29. The first kappa shape index (κ1) is 51.9. The summed E-state index contributed by atoms with van der Waals surface area (Å²) >= 11 is 0. The van der Waals surface area contributed by atoms with Crippen molar-refractivity contribution in [2.45, 2.75) is 147 Å². The van der Waals surface area contributed by atoms with Crippen LogP contribution in [-0.4, -0.2) is 74.7 Å². The Kier molecular flexibility index (Phi) is 30.7. The average molecular weight is 819 g/mol. The number of carbonyl (C=O) groups excluding carboxylic acids is 2. The van der Waals surface area contributed by atoms with E-state index in [1.54, 1.807) is 6.08 Å². The third-order valence-corrected chi connectivity index (χ3v) is 9.66. The highest BCUT2D eigenvalue weighted by molar-refractivity contribution is 7.46. The first-order valence-electron chi connectivity index (χ1n) is 20.8. The quantitative estimate of drug-likeness (QED) is 0.0189. The predicted octanol–water partition coefficient (Wildman–Crippen LogP) is 9.00. The van der Waals surface area contributed by atoms with Gasteiger partial charge in [-0.1, -0.05) is 130 Å². The van der Waals surface area contributed by atoms with E-state index in [4.69, 9.17) is 19.3 Å². The van der Waals surface area contributed by atoms with Gasteiger partial charge in [-0.15, -0.1) is 0 Å². The van der Waals surface area contributed by atoms with Crippen molar-refractivity contribution in [3.05, 3.63) is 97.2 Å². The summed E-state index contributed by atoms with van der Waals surface area (Å²) in [6.45, 7) is 3.18. The normalized spacial score (nSPS) is 20.6. The number of esters is 2. The lowest BCUT2D eigenvalue weighted by atomic mass is 9.89. The number of ether oxygens (including phenoxy) is 2. The first-order chi connectivity index (χ1) is 27.5. The monoisotopic (exact) mass is 818 g/mol. The zero-order valence-electron chi connectivity index (χ0n) is 34.3. The Morgan fingerprint density at radius 1 is 0.702 bits per heavy atom. The summed E-state index contributed by atoms with van der Waals surface area (Å²) < 4.78 is 26.3. The molecule has 1 aliphatic carbocycles. The molecule has 0 bridgehead atoms. The van der Waals surface area contributed by atoms with E-state index in [9.17, 15) is 29.5 Å². The van der Waals surface area contributed by atoms with Crippen LogP contribution < -0.4 is 0 Å². The number of aliphatic hydroxyl groups is 3. The third kappa shape index (κ3) is 29.7. The Bertz CT molecular complexity index is 1360. The SMILES string of the molecule is CC/C=C\C/C=C\C/C=C\C/C=C\C/C=C\C/C=C\CCC(=O)OC[C@H](COP(=O)(O)O)OC(=O)CCC/C=C/C[C@@H]1[C@@H](/C=C/[C@@H](O)CCCCC)[C@H](O)C[C@@H]1O. The van der Waals surface area contributed by atoms with Crippen molar-refractivity contribution in [2.75, 3.05) is 13.2 Å². The second kappa shape index (κ2) is 33.8. The molecule has 0 aromatic rings. The molecule has 0 spiro atoms. The minimum atomic E-state index is -4.85. The van der Waals surface area contributed by atoms with Crippen LogP contribution in [0, 0.1) is 11.8 Å². The molecule has 12 heteroatoms. The lowest BCUT2D eigenvalue weighted by molar-refractivity contribution is -0.161. The molecule has 0 amide bonds. The Balaban J connectivity index is 2.36. The number of rotatable bonds is 32. The van der Waals surface area contributed by atoms with Crippen molar-refractivity contribution in [2.24, 2.45) is 11.8 Å². The van der Waals surface area contributed by atoms with Gasteiger partial charge < -0.3 is 34.6 Å². The highest BCUT2D eigenvalue weighted by atomic mass is 31.2. The zero-order chi connectivity index (χ0) is 42.0. The van der Waals surface area contributed by atoms with Gasteiger partial charge in [-0.05, 0) is 76.5 Å². The number of allylic oxidation sites excluding steroid dienone is 14. The van der Waals surface area contributed by atoms with Gasteiger partial charge >= 0.3 is 19.8 Å². The molecule has 322 valence electrons. The van der Waals surface area contributed by atoms with E-state index in [0.717, 1.165) is 57.8 Å². The molecule has 0 unspecified atom stereocenters. The van der Waals surface area contributed by atoms with Gasteiger partial charge in [0.25, 0.3) is 0 Å². The lowest BCUT2D eigenvalue weighted by Gasteiger charge is -2.19. The minimum absolute atomic E-state index is 0.0133. The number of phosphoric acid groups is 1. The maximum atomic E-state index is 12.5. The molecule has 1 saturated carbocycles. The standard InChI is InChI=1S/C45H71O11P/c1-3-5-7-8-9-10-11-12-13-14-15-16-17-18-19-20-21-22-27-31-44(49)54-36-39(37-55-57(51,52)53)56-45(50)32-28-24-23-26-30-40-41(43(48)35-42(40)47)34-33-38(46)29-25-6-4-2/h5,7,9-10,12-13,15-16,18-19,21-23,26,33-34,38-43,46-48H,3-4,6,8,11,14,17,20,24-25,27-32,35-37H2,1-2H3,(H2,51,52,53)/b7-5-,10-9-,13-12-,16-15-,19-18-,22-21-,26-23+,34-33+/t38-,39+,40+,41+,42-,43+/m0/s1. The number of unbranched alkanes of at least 4 members (excludes halogenated alkanes) is 3. The van der Waals surface area contributed by atoms with E-state index < -0.39 is 57.4 Å². The molecular formula is C45H71O11P. The number of hydrogen-bond acceptors (Lipinski definition) is 9. The number of hydrogen-bond donors (Lipinski definition) is 5. The van der Waals surface area contributed by atoms with Crippen LogP contribution in [0.25, 0.3) is 0 Å². The summed E-state index contributed by atoms with van der Waals surface area (Å²) in [4.78, 5) is 43.0. The molecule has 0 heterocycles. The molecule has 1 rings (SSSR count). The van der Waals surface area contributed by atoms with Gasteiger partial charge in [0.1, 0.15) is 6.61 Å². The fourth-order valence-electron chi connectivity index (χ4n) is 6.04.